The predicted molar refractivity (Wildman–Crippen MR) is 80.4 cm³/mol. The first kappa shape index (κ1) is 15.8. The van der Waals surface area contributed by atoms with E-state index in [4.69, 9.17) is 4.74 Å². The maximum absolute atomic E-state index is 12.3. The van der Waals surface area contributed by atoms with Gasteiger partial charge in [0.25, 0.3) is 0 Å². The van der Waals surface area contributed by atoms with Crippen molar-refractivity contribution in [3.8, 4) is 0 Å². The molecule has 2 rings (SSSR count). The zero-order chi connectivity index (χ0) is 14.8. The number of ether oxygens (including phenoxy) is 1. The number of rotatable bonds is 5. The van der Waals surface area contributed by atoms with Gasteiger partial charge in [-0.15, -0.1) is 0 Å². The Balaban J connectivity index is 2.09. The van der Waals surface area contributed by atoms with E-state index in [0.29, 0.717) is 18.5 Å². The van der Waals surface area contributed by atoms with Gasteiger partial charge in [-0.2, -0.15) is 0 Å². The Morgan fingerprint density at radius 3 is 2.70 bits per heavy atom. The molecule has 0 aliphatic carbocycles. The van der Waals surface area contributed by atoms with Gasteiger partial charge in [0.2, 0.25) is 5.91 Å². The standard InChI is InChI=1S/C16H30N2O2/c1-5-16(6-2)10-13(7-8-20-16)18-14(9-12(3)4)17-11-15(18)19/h12-14,17H,5-11H2,1-4H3. The zero-order valence-electron chi connectivity index (χ0n) is 13.4. The maximum atomic E-state index is 12.3. The minimum atomic E-state index is -0.0197. The summed E-state index contributed by atoms with van der Waals surface area (Å²) >= 11 is 0. The number of amides is 1. The Morgan fingerprint density at radius 1 is 1.40 bits per heavy atom. The lowest BCUT2D eigenvalue weighted by Gasteiger charge is -2.44. The highest BCUT2D eigenvalue weighted by atomic mass is 16.5. The van der Waals surface area contributed by atoms with Crippen molar-refractivity contribution in [3.05, 3.63) is 0 Å². The molecule has 2 unspecified atom stereocenters. The largest absolute Gasteiger partial charge is 0.375 e. The summed E-state index contributed by atoms with van der Waals surface area (Å²) in [7, 11) is 0. The average molecular weight is 282 g/mol. The number of carbonyl (C=O) groups is 1. The lowest BCUT2D eigenvalue weighted by Crippen LogP contribution is -2.52. The van der Waals surface area contributed by atoms with E-state index in [2.05, 4.69) is 37.9 Å². The van der Waals surface area contributed by atoms with Crippen LogP contribution in [0, 0.1) is 5.92 Å². The first-order chi connectivity index (χ1) is 9.51. The van der Waals surface area contributed by atoms with Crippen LogP contribution >= 0.6 is 0 Å². The molecule has 20 heavy (non-hydrogen) atoms. The SMILES string of the molecule is CCC1(CC)CC(N2C(=O)CNC2CC(C)C)CCO1. The van der Waals surface area contributed by atoms with Crippen LogP contribution in [-0.4, -0.2) is 41.8 Å². The maximum Gasteiger partial charge on any atom is 0.238 e. The third-order valence-electron chi connectivity index (χ3n) is 4.96. The molecule has 2 fully saturated rings. The number of nitrogens with one attached hydrogen (secondary N) is 1. The Hall–Kier alpha value is -0.610. The smallest absolute Gasteiger partial charge is 0.238 e. The van der Waals surface area contributed by atoms with E-state index in [0.717, 1.165) is 38.7 Å². The molecule has 2 atom stereocenters. The molecule has 0 aromatic rings. The van der Waals surface area contributed by atoms with Gasteiger partial charge >= 0.3 is 0 Å². The van der Waals surface area contributed by atoms with Crippen LogP contribution in [0.5, 0.6) is 0 Å². The Morgan fingerprint density at radius 2 is 2.10 bits per heavy atom. The Labute approximate surface area is 123 Å². The van der Waals surface area contributed by atoms with Gasteiger partial charge in [0, 0.05) is 12.6 Å². The van der Waals surface area contributed by atoms with Crippen molar-refractivity contribution in [2.75, 3.05) is 13.2 Å². The van der Waals surface area contributed by atoms with Crippen molar-refractivity contribution >= 4 is 5.91 Å². The van der Waals surface area contributed by atoms with E-state index in [1.807, 2.05) is 0 Å². The van der Waals surface area contributed by atoms with Gasteiger partial charge in [0.05, 0.1) is 18.3 Å². The van der Waals surface area contributed by atoms with Crippen LogP contribution < -0.4 is 5.32 Å². The molecular formula is C16H30N2O2. The molecular weight excluding hydrogens is 252 g/mol. The van der Waals surface area contributed by atoms with Gasteiger partial charge in [0.15, 0.2) is 0 Å². The van der Waals surface area contributed by atoms with Gasteiger partial charge in [-0.25, -0.2) is 0 Å². The fraction of sp³-hybridized carbons (Fsp3) is 0.938. The molecule has 2 aliphatic rings. The summed E-state index contributed by atoms with van der Waals surface area (Å²) in [5, 5.41) is 3.38. The zero-order valence-corrected chi connectivity index (χ0v) is 13.4. The highest BCUT2D eigenvalue weighted by Crippen LogP contribution is 2.35. The molecule has 0 saturated carbocycles. The van der Waals surface area contributed by atoms with E-state index in [9.17, 15) is 4.79 Å². The monoisotopic (exact) mass is 282 g/mol. The van der Waals surface area contributed by atoms with Gasteiger partial charge in [-0.1, -0.05) is 27.7 Å². The number of nitrogens with zero attached hydrogens (tertiary/aromatic N) is 1. The predicted octanol–water partition coefficient (Wildman–Crippen LogP) is 2.53. The van der Waals surface area contributed by atoms with Crippen molar-refractivity contribution in [1.29, 1.82) is 0 Å². The van der Waals surface area contributed by atoms with Gasteiger partial charge < -0.3 is 9.64 Å². The summed E-state index contributed by atoms with van der Waals surface area (Å²) in [6.45, 7) is 10.1. The van der Waals surface area contributed by atoms with E-state index in [1.165, 1.54) is 0 Å². The van der Waals surface area contributed by atoms with Crippen LogP contribution in [0.25, 0.3) is 0 Å². The molecule has 116 valence electrons. The highest BCUT2D eigenvalue weighted by molar-refractivity contribution is 5.81. The summed E-state index contributed by atoms with van der Waals surface area (Å²) in [4.78, 5) is 14.4. The fourth-order valence-corrected chi connectivity index (χ4v) is 3.65. The molecule has 0 bridgehead atoms. The second-order valence-electron chi connectivity index (χ2n) is 6.71. The van der Waals surface area contributed by atoms with Crippen molar-refractivity contribution in [1.82, 2.24) is 10.2 Å². The second-order valence-corrected chi connectivity index (χ2v) is 6.71. The summed E-state index contributed by atoms with van der Waals surface area (Å²) in [6.07, 6.45) is 5.28. The summed E-state index contributed by atoms with van der Waals surface area (Å²) in [5.74, 6) is 0.867. The van der Waals surface area contributed by atoms with Gasteiger partial charge in [-0.05, 0) is 38.0 Å². The lowest BCUT2D eigenvalue weighted by atomic mass is 9.85. The quantitative estimate of drug-likeness (QED) is 0.842. The van der Waals surface area contributed by atoms with Crippen LogP contribution in [0.3, 0.4) is 0 Å². The molecule has 2 aliphatic heterocycles. The fourth-order valence-electron chi connectivity index (χ4n) is 3.65. The van der Waals surface area contributed by atoms with Crippen molar-refractivity contribution < 1.29 is 9.53 Å². The lowest BCUT2D eigenvalue weighted by molar-refractivity contribution is -0.142. The molecule has 0 aromatic heterocycles. The molecule has 2 heterocycles. The van der Waals surface area contributed by atoms with Crippen molar-refractivity contribution in [2.24, 2.45) is 5.92 Å². The van der Waals surface area contributed by atoms with Crippen LogP contribution in [0.4, 0.5) is 0 Å². The number of carbonyl (C=O) groups excluding carboxylic acids is 1. The van der Waals surface area contributed by atoms with Crippen LogP contribution in [0.15, 0.2) is 0 Å². The van der Waals surface area contributed by atoms with Gasteiger partial charge in [0.1, 0.15) is 0 Å². The van der Waals surface area contributed by atoms with Gasteiger partial charge in [-0.3, -0.25) is 10.1 Å². The first-order valence-corrected chi connectivity index (χ1v) is 8.20. The molecule has 0 radical (unpaired) electrons. The number of hydrogen-bond acceptors (Lipinski definition) is 3. The van der Waals surface area contributed by atoms with E-state index in [1.54, 1.807) is 0 Å². The molecule has 1 N–H and O–H groups in total. The summed E-state index contributed by atoms with van der Waals surface area (Å²) < 4.78 is 6.05. The number of hydrogen-bond donors (Lipinski definition) is 1. The van der Waals surface area contributed by atoms with Crippen LogP contribution in [0.1, 0.15) is 59.8 Å². The topological polar surface area (TPSA) is 41.6 Å². The second kappa shape index (κ2) is 6.44. The molecule has 1 amide bonds. The molecule has 2 saturated heterocycles. The molecule has 0 spiro atoms. The van der Waals surface area contributed by atoms with Crippen LogP contribution in [-0.2, 0) is 9.53 Å². The Kier molecular flexibility index (Phi) is 5.08. The Bertz CT molecular complexity index is 339. The highest BCUT2D eigenvalue weighted by Gasteiger charge is 2.42. The minimum absolute atomic E-state index is 0.0197. The average Bonchev–Trinajstić information content (AvgIpc) is 2.79. The van der Waals surface area contributed by atoms with Crippen molar-refractivity contribution in [2.45, 2.75) is 77.6 Å². The van der Waals surface area contributed by atoms with E-state index < -0.39 is 0 Å². The van der Waals surface area contributed by atoms with E-state index in [-0.39, 0.29) is 17.7 Å². The van der Waals surface area contributed by atoms with Crippen LogP contribution in [0.2, 0.25) is 0 Å². The third-order valence-corrected chi connectivity index (χ3v) is 4.96. The summed E-state index contributed by atoms with van der Waals surface area (Å²) in [5.41, 5.74) is -0.0197. The normalized spacial score (nSPS) is 30.2. The molecule has 4 nitrogen and oxygen atoms in total. The molecule has 0 aromatic carbocycles. The summed E-state index contributed by atoms with van der Waals surface area (Å²) in [6, 6.07) is 0.342. The van der Waals surface area contributed by atoms with Crippen molar-refractivity contribution in [3.63, 3.8) is 0 Å². The van der Waals surface area contributed by atoms with E-state index >= 15 is 0 Å². The third kappa shape index (κ3) is 3.17. The minimum Gasteiger partial charge on any atom is -0.375 e. The molecule has 4 heteroatoms. The first-order valence-electron chi connectivity index (χ1n) is 8.20.